The van der Waals surface area contributed by atoms with Gasteiger partial charge in [0.1, 0.15) is 11.6 Å². The lowest BCUT2D eigenvalue weighted by atomic mass is 10.2. The fourth-order valence-corrected chi connectivity index (χ4v) is 3.17. The van der Waals surface area contributed by atoms with Gasteiger partial charge in [0.25, 0.3) is 0 Å². The SMILES string of the molecule is CCCC1CN=C(Nc2cc(Br)c(F)cc2F)S1. The van der Waals surface area contributed by atoms with Crippen molar-refractivity contribution in [2.45, 2.75) is 25.0 Å². The van der Waals surface area contributed by atoms with Crippen LogP contribution >= 0.6 is 27.7 Å². The van der Waals surface area contributed by atoms with Gasteiger partial charge >= 0.3 is 0 Å². The van der Waals surface area contributed by atoms with Crippen molar-refractivity contribution < 1.29 is 8.78 Å². The molecule has 0 saturated heterocycles. The smallest absolute Gasteiger partial charge is 0.161 e. The number of benzene rings is 1. The Morgan fingerprint density at radius 2 is 2.22 bits per heavy atom. The summed E-state index contributed by atoms with van der Waals surface area (Å²) in [7, 11) is 0. The molecule has 0 amide bonds. The van der Waals surface area contributed by atoms with E-state index in [4.69, 9.17) is 0 Å². The van der Waals surface area contributed by atoms with Crippen molar-refractivity contribution in [2.75, 3.05) is 11.9 Å². The number of hydrogen-bond acceptors (Lipinski definition) is 3. The summed E-state index contributed by atoms with van der Waals surface area (Å²) < 4.78 is 26.9. The predicted molar refractivity (Wildman–Crippen MR) is 76.3 cm³/mol. The summed E-state index contributed by atoms with van der Waals surface area (Å²) in [5.74, 6) is -1.22. The highest BCUT2D eigenvalue weighted by Crippen LogP contribution is 2.28. The second-order valence-electron chi connectivity index (χ2n) is 4.05. The molecule has 98 valence electrons. The molecule has 1 unspecified atom stereocenters. The summed E-state index contributed by atoms with van der Waals surface area (Å²) in [4.78, 5) is 4.32. The maximum absolute atomic E-state index is 13.5. The van der Waals surface area contributed by atoms with E-state index < -0.39 is 11.6 Å². The monoisotopic (exact) mass is 334 g/mol. The first-order chi connectivity index (χ1) is 8.60. The van der Waals surface area contributed by atoms with Gasteiger partial charge in [-0.2, -0.15) is 0 Å². The van der Waals surface area contributed by atoms with Crippen molar-refractivity contribution in [1.29, 1.82) is 0 Å². The lowest BCUT2D eigenvalue weighted by Crippen LogP contribution is -2.09. The van der Waals surface area contributed by atoms with Crippen molar-refractivity contribution in [2.24, 2.45) is 4.99 Å². The summed E-state index contributed by atoms with van der Waals surface area (Å²) in [5, 5.41) is 4.07. The van der Waals surface area contributed by atoms with Gasteiger partial charge in [0.05, 0.1) is 16.7 Å². The molecule has 2 rings (SSSR count). The number of halogens is 3. The van der Waals surface area contributed by atoms with Crippen LogP contribution in [0.1, 0.15) is 19.8 Å². The third-order valence-electron chi connectivity index (χ3n) is 2.58. The van der Waals surface area contributed by atoms with Crippen molar-refractivity contribution in [3.63, 3.8) is 0 Å². The summed E-state index contributed by atoms with van der Waals surface area (Å²) in [6, 6.07) is 2.25. The van der Waals surface area contributed by atoms with Crippen LogP contribution in [0.5, 0.6) is 0 Å². The molecule has 1 aliphatic heterocycles. The second-order valence-corrected chi connectivity index (χ2v) is 6.19. The van der Waals surface area contributed by atoms with Gasteiger partial charge in [-0.3, -0.25) is 4.99 Å². The van der Waals surface area contributed by atoms with E-state index in [1.165, 1.54) is 6.07 Å². The zero-order valence-electron chi connectivity index (χ0n) is 9.84. The Kier molecular flexibility index (Phi) is 4.61. The van der Waals surface area contributed by atoms with Gasteiger partial charge < -0.3 is 5.32 Å². The lowest BCUT2D eigenvalue weighted by Gasteiger charge is -2.09. The average Bonchev–Trinajstić information content (AvgIpc) is 2.74. The van der Waals surface area contributed by atoms with E-state index in [0.717, 1.165) is 25.5 Å². The van der Waals surface area contributed by atoms with Crippen LogP contribution in [0.25, 0.3) is 0 Å². The molecule has 0 spiro atoms. The highest BCUT2D eigenvalue weighted by atomic mass is 79.9. The third-order valence-corrected chi connectivity index (χ3v) is 4.36. The van der Waals surface area contributed by atoms with Crippen LogP contribution in [0.3, 0.4) is 0 Å². The van der Waals surface area contributed by atoms with Crippen LogP contribution < -0.4 is 5.32 Å². The molecule has 6 heteroatoms. The minimum absolute atomic E-state index is 0.236. The molecule has 1 aromatic carbocycles. The molecule has 1 N–H and O–H groups in total. The first-order valence-electron chi connectivity index (χ1n) is 5.72. The predicted octanol–water partition coefficient (Wildman–Crippen LogP) is 4.41. The molecule has 2 nitrogen and oxygen atoms in total. The largest absolute Gasteiger partial charge is 0.333 e. The molecule has 0 aromatic heterocycles. The van der Waals surface area contributed by atoms with Gasteiger partial charge in [0.2, 0.25) is 0 Å². The van der Waals surface area contributed by atoms with E-state index >= 15 is 0 Å². The minimum Gasteiger partial charge on any atom is -0.333 e. The van der Waals surface area contributed by atoms with Crippen molar-refractivity contribution in [1.82, 2.24) is 0 Å². The van der Waals surface area contributed by atoms with E-state index in [9.17, 15) is 8.78 Å². The van der Waals surface area contributed by atoms with Gasteiger partial charge in [-0.1, -0.05) is 25.1 Å². The highest BCUT2D eigenvalue weighted by molar-refractivity contribution is 9.10. The van der Waals surface area contributed by atoms with Crippen LogP contribution in [0.2, 0.25) is 0 Å². The van der Waals surface area contributed by atoms with E-state index in [0.29, 0.717) is 10.4 Å². The Hall–Kier alpha value is -0.620. The molecular weight excluding hydrogens is 322 g/mol. The number of hydrogen-bond donors (Lipinski definition) is 1. The molecular formula is C12H13BrF2N2S. The van der Waals surface area contributed by atoms with E-state index in [2.05, 4.69) is 33.2 Å². The Balaban J connectivity index is 2.05. The Labute approximate surface area is 117 Å². The highest BCUT2D eigenvalue weighted by Gasteiger charge is 2.20. The van der Waals surface area contributed by atoms with Crippen LogP contribution in [0.4, 0.5) is 14.5 Å². The van der Waals surface area contributed by atoms with Crippen LogP contribution in [-0.4, -0.2) is 17.0 Å². The number of anilines is 1. The summed E-state index contributed by atoms with van der Waals surface area (Å²) >= 11 is 4.65. The van der Waals surface area contributed by atoms with Gasteiger partial charge in [0.15, 0.2) is 5.17 Å². The fraction of sp³-hybridized carbons (Fsp3) is 0.417. The van der Waals surface area contributed by atoms with Gasteiger partial charge in [-0.05, 0) is 28.4 Å². The molecule has 1 atom stereocenters. The standard InChI is InChI=1S/C12H13BrF2N2S/c1-2-3-7-6-16-12(18-7)17-11-4-8(13)9(14)5-10(11)15/h4-5,7H,2-3,6H2,1H3,(H,16,17). The van der Waals surface area contributed by atoms with E-state index in [-0.39, 0.29) is 10.2 Å². The zero-order chi connectivity index (χ0) is 13.1. The number of amidine groups is 1. The topological polar surface area (TPSA) is 24.4 Å². The number of nitrogens with one attached hydrogen (secondary N) is 1. The van der Waals surface area contributed by atoms with Crippen LogP contribution in [0, 0.1) is 11.6 Å². The minimum atomic E-state index is -0.613. The molecule has 0 bridgehead atoms. The summed E-state index contributed by atoms with van der Waals surface area (Å²) in [5.41, 5.74) is 0.242. The Morgan fingerprint density at radius 1 is 1.44 bits per heavy atom. The van der Waals surface area contributed by atoms with Gasteiger partial charge in [-0.15, -0.1) is 0 Å². The van der Waals surface area contributed by atoms with E-state index in [1.54, 1.807) is 11.8 Å². The molecule has 1 aliphatic rings. The van der Waals surface area contributed by atoms with Crippen molar-refractivity contribution in [3.8, 4) is 0 Å². The Bertz CT molecular complexity index is 479. The maximum atomic E-state index is 13.5. The third kappa shape index (κ3) is 3.23. The van der Waals surface area contributed by atoms with Gasteiger partial charge in [-0.25, -0.2) is 8.78 Å². The molecule has 0 saturated carbocycles. The molecule has 1 aromatic rings. The molecule has 1 heterocycles. The first kappa shape index (κ1) is 13.8. The average molecular weight is 335 g/mol. The van der Waals surface area contributed by atoms with Crippen LogP contribution in [0.15, 0.2) is 21.6 Å². The number of thioether (sulfide) groups is 1. The number of nitrogens with zero attached hydrogens (tertiary/aromatic N) is 1. The quantitative estimate of drug-likeness (QED) is 0.828. The number of rotatable bonds is 3. The molecule has 18 heavy (non-hydrogen) atoms. The zero-order valence-corrected chi connectivity index (χ0v) is 12.2. The Morgan fingerprint density at radius 3 is 2.94 bits per heavy atom. The number of aliphatic imine (C=N–C) groups is 1. The summed E-state index contributed by atoms with van der Waals surface area (Å²) in [6.45, 7) is 2.88. The normalized spacial score (nSPS) is 18.9. The maximum Gasteiger partial charge on any atom is 0.161 e. The second kappa shape index (κ2) is 6.02. The van der Waals surface area contributed by atoms with Crippen LogP contribution in [-0.2, 0) is 0 Å². The first-order valence-corrected chi connectivity index (χ1v) is 7.40. The molecule has 0 fully saturated rings. The summed E-state index contributed by atoms with van der Waals surface area (Å²) in [6.07, 6.45) is 2.20. The molecule has 0 radical (unpaired) electrons. The van der Waals surface area contributed by atoms with Crippen molar-refractivity contribution in [3.05, 3.63) is 28.2 Å². The van der Waals surface area contributed by atoms with E-state index in [1.807, 2.05) is 0 Å². The van der Waals surface area contributed by atoms with Gasteiger partial charge in [0, 0.05) is 11.3 Å². The van der Waals surface area contributed by atoms with Crippen molar-refractivity contribution >= 4 is 38.5 Å². The molecule has 0 aliphatic carbocycles. The fourth-order valence-electron chi connectivity index (χ4n) is 1.69. The lowest BCUT2D eigenvalue weighted by molar-refractivity contribution is 0.582.